The van der Waals surface area contributed by atoms with Crippen molar-refractivity contribution < 1.29 is 18.0 Å². The first kappa shape index (κ1) is 32.0. The number of likely N-dealkylation sites (tertiary alicyclic amines) is 1. The Hall–Kier alpha value is -5.27. The van der Waals surface area contributed by atoms with E-state index in [0.29, 0.717) is 51.4 Å². The molecule has 8 rings (SSSR count). The monoisotopic (exact) mass is 677 g/mol. The number of halogens is 3. The third kappa shape index (κ3) is 5.75. The second-order valence-corrected chi connectivity index (χ2v) is 14.2. The number of nitriles is 2. The molecule has 10 nitrogen and oxygen atoms in total. The van der Waals surface area contributed by atoms with E-state index < -0.39 is 17.6 Å². The van der Waals surface area contributed by atoms with E-state index in [1.54, 1.807) is 54.3 Å². The lowest BCUT2D eigenvalue weighted by atomic mass is 9.97. The molecule has 2 atom stereocenters. The van der Waals surface area contributed by atoms with Gasteiger partial charge < -0.3 is 9.88 Å². The van der Waals surface area contributed by atoms with Crippen LogP contribution in [0.4, 0.5) is 24.8 Å². The molecule has 2 unspecified atom stereocenters. The zero-order chi connectivity index (χ0) is 34.8. The van der Waals surface area contributed by atoms with Crippen LogP contribution in [0.5, 0.6) is 0 Å². The van der Waals surface area contributed by atoms with E-state index in [0.717, 1.165) is 51.6 Å². The first-order valence-electron chi connectivity index (χ1n) is 16.9. The minimum atomic E-state index is -4.65. The third-order valence-corrected chi connectivity index (χ3v) is 10.8. The van der Waals surface area contributed by atoms with Gasteiger partial charge in [0.2, 0.25) is 0 Å². The molecule has 1 amide bonds. The highest BCUT2D eigenvalue weighted by atomic mass is 19.4. The van der Waals surface area contributed by atoms with E-state index in [4.69, 9.17) is 4.98 Å². The molecule has 2 aliphatic heterocycles. The molecule has 4 heterocycles. The predicted molar refractivity (Wildman–Crippen MR) is 178 cm³/mol. The molecule has 2 aliphatic carbocycles. The van der Waals surface area contributed by atoms with Gasteiger partial charge in [0.15, 0.2) is 5.82 Å². The first-order valence-corrected chi connectivity index (χ1v) is 16.9. The number of benzene rings is 2. The molecule has 1 N–H and O–H groups in total. The Morgan fingerprint density at radius 3 is 2.58 bits per heavy atom. The van der Waals surface area contributed by atoms with Gasteiger partial charge in [-0.2, -0.15) is 23.7 Å². The number of pyridine rings is 1. The van der Waals surface area contributed by atoms with Gasteiger partial charge in [-0.15, -0.1) is 10.2 Å². The first-order chi connectivity index (χ1) is 24.0. The molecule has 0 bridgehead atoms. The van der Waals surface area contributed by atoms with Gasteiger partial charge in [0.05, 0.1) is 35.7 Å². The lowest BCUT2D eigenvalue weighted by Gasteiger charge is -2.21. The van der Waals surface area contributed by atoms with E-state index in [9.17, 15) is 28.5 Å². The number of alkyl halides is 3. The molecule has 2 saturated carbocycles. The molecule has 50 heavy (non-hydrogen) atoms. The van der Waals surface area contributed by atoms with E-state index >= 15 is 0 Å². The molecular weight excluding hydrogens is 643 g/mol. The van der Waals surface area contributed by atoms with Crippen molar-refractivity contribution in [3.63, 3.8) is 0 Å². The Balaban J connectivity index is 1.22. The van der Waals surface area contributed by atoms with Gasteiger partial charge in [-0.05, 0) is 115 Å². The summed E-state index contributed by atoms with van der Waals surface area (Å²) < 4.78 is 45.6. The van der Waals surface area contributed by atoms with E-state index in [1.807, 2.05) is 0 Å². The van der Waals surface area contributed by atoms with Gasteiger partial charge in [-0.3, -0.25) is 14.6 Å². The van der Waals surface area contributed by atoms with E-state index in [2.05, 4.69) is 32.6 Å². The zero-order valence-electron chi connectivity index (χ0n) is 27.5. The summed E-state index contributed by atoms with van der Waals surface area (Å²) >= 11 is 0. The summed E-state index contributed by atoms with van der Waals surface area (Å²) in [6, 6.07) is 15.8. The average molecular weight is 678 g/mol. The Kier molecular flexibility index (Phi) is 7.64. The highest BCUT2D eigenvalue weighted by molar-refractivity contribution is 6.10. The van der Waals surface area contributed by atoms with E-state index in [-0.39, 0.29) is 35.4 Å². The molecule has 1 spiro atoms. The van der Waals surface area contributed by atoms with Crippen molar-refractivity contribution in [1.29, 1.82) is 10.5 Å². The van der Waals surface area contributed by atoms with Crippen LogP contribution in [0.25, 0.3) is 22.5 Å². The minimum absolute atomic E-state index is 0.0310. The zero-order valence-corrected chi connectivity index (χ0v) is 27.5. The average Bonchev–Trinajstić information content (AvgIpc) is 3.46. The van der Waals surface area contributed by atoms with Crippen LogP contribution in [0.3, 0.4) is 0 Å². The maximum absolute atomic E-state index is 14.6. The summed E-state index contributed by atoms with van der Waals surface area (Å²) in [5.74, 6) is 0.276. The quantitative estimate of drug-likeness (QED) is 0.230. The fourth-order valence-electron chi connectivity index (χ4n) is 7.94. The highest BCUT2D eigenvalue weighted by Crippen LogP contribution is 2.53. The second-order valence-electron chi connectivity index (χ2n) is 14.2. The number of fused-ring (bicyclic) bond motifs is 1. The number of carbonyl (C=O) groups is 1. The summed E-state index contributed by atoms with van der Waals surface area (Å²) in [5, 5.41) is 31.2. The van der Waals surface area contributed by atoms with Crippen molar-refractivity contribution in [1.82, 2.24) is 24.6 Å². The number of anilines is 2. The van der Waals surface area contributed by atoms with Crippen molar-refractivity contribution in [3.8, 4) is 34.7 Å². The number of rotatable bonds is 7. The lowest BCUT2D eigenvalue weighted by Crippen LogP contribution is -2.26. The standard InChI is InChI=1S/C37H34F3N9O/c1-47-21-43-46-34(47)26-6-5-22(16-41)11-27(26)25-14-32(44-31-4-2-3-24(31)17-42)45-33(15-25)49-19-29-28(35(49)50)12-23(13-30(29)37(38,39)40)18-48-10-9-36(20-48)7-8-36/h5-6,11-15,21,24,31H,2-4,7-10,18-20H2,1H3,(H,44,45). The second kappa shape index (κ2) is 12.0. The van der Waals surface area contributed by atoms with Crippen molar-refractivity contribution in [2.45, 2.75) is 63.8 Å². The largest absolute Gasteiger partial charge is 0.416 e. The maximum atomic E-state index is 14.6. The molecule has 13 heteroatoms. The van der Waals surface area contributed by atoms with E-state index in [1.165, 1.54) is 11.0 Å². The lowest BCUT2D eigenvalue weighted by molar-refractivity contribution is -0.138. The van der Waals surface area contributed by atoms with Gasteiger partial charge in [-0.25, -0.2) is 4.98 Å². The summed E-state index contributed by atoms with van der Waals surface area (Å²) in [7, 11) is 1.80. The normalized spacial score (nSPS) is 21.0. The number of nitrogens with zero attached hydrogens (tertiary/aromatic N) is 8. The SMILES string of the molecule is Cn1cnnc1-c1ccc(C#N)cc1-c1cc(NC2CCCC2C#N)nc(N2Cc3c(cc(CN4CCC5(CC5)C4)cc3C(F)(F)F)C2=O)c1. The molecule has 3 fully saturated rings. The topological polar surface area (TPSA) is 127 Å². The molecule has 0 radical (unpaired) electrons. The van der Waals surface area contributed by atoms with Gasteiger partial charge in [-0.1, -0.05) is 0 Å². The van der Waals surface area contributed by atoms with Crippen molar-refractivity contribution in [2.24, 2.45) is 18.4 Å². The Labute approximate surface area is 287 Å². The number of hydrogen-bond donors (Lipinski definition) is 1. The van der Waals surface area contributed by atoms with Crippen LogP contribution in [0.1, 0.15) is 71.1 Å². The molecule has 1 saturated heterocycles. The minimum Gasteiger partial charge on any atom is -0.366 e. The van der Waals surface area contributed by atoms with Crippen LogP contribution < -0.4 is 10.2 Å². The predicted octanol–water partition coefficient (Wildman–Crippen LogP) is 6.69. The number of aryl methyl sites for hydroxylation is 1. The Bertz CT molecular complexity index is 2110. The number of aromatic nitrogens is 4. The number of hydrogen-bond acceptors (Lipinski definition) is 8. The van der Waals surface area contributed by atoms with Crippen molar-refractivity contribution in [2.75, 3.05) is 23.3 Å². The summed E-state index contributed by atoms with van der Waals surface area (Å²) in [4.78, 5) is 22.4. The van der Waals surface area contributed by atoms with Crippen LogP contribution in [0.2, 0.25) is 0 Å². The van der Waals surface area contributed by atoms with Gasteiger partial charge in [0.1, 0.15) is 18.0 Å². The van der Waals surface area contributed by atoms with Crippen LogP contribution >= 0.6 is 0 Å². The molecule has 4 aromatic rings. The van der Waals surface area contributed by atoms with Crippen LogP contribution in [0.15, 0.2) is 48.8 Å². The summed E-state index contributed by atoms with van der Waals surface area (Å²) in [6.07, 6.45) is 2.64. The molecular formula is C37H34F3N9O. The number of carbonyl (C=O) groups excluding carboxylic acids is 1. The van der Waals surface area contributed by atoms with Gasteiger partial charge in [0.25, 0.3) is 5.91 Å². The molecule has 4 aliphatic rings. The molecule has 2 aromatic carbocycles. The third-order valence-electron chi connectivity index (χ3n) is 10.8. The van der Waals surface area contributed by atoms with Crippen molar-refractivity contribution >= 4 is 17.5 Å². The molecule has 254 valence electrons. The fourth-order valence-corrected chi connectivity index (χ4v) is 7.94. The fraction of sp³-hybridized carbons (Fsp3) is 0.405. The van der Waals surface area contributed by atoms with Crippen LogP contribution in [0, 0.1) is 34.0 Å². The maximum Gasteiger partial charge on any atom is 0.416 e. The van der Waals surface area contributed by atoms with Crippen LogP contribution in [-0.4, -0.2) is 49.7 Å². The van der Waals surface area contributed by atoms with Crippen molar-refractivity contribution in [3.05, 3.63) is 76.6 Å². The van der Waals surface area contributed by atoms with Gasteiger partial charge in [0, 0.05) is 37.3 Å². The number of nitrogens with one attached hydrogen (secondary N) is 1. The smallest absolute Gasteiger partial charge is 0.366 e. The Morgan fingerprint density at radius 1 is 1.04 bits per heavy atom. The summed E-state index contributed by atoms with van der Waals surface area (Å²) in [5.41, 5.74) is 2.18. The number of amides is 1. The van der Waals surface area contributed by atoms with Gasteiger partial charge >= 0.3 is 6.18 Å². The van der Waals surface area contributed by atoms with Crippen LogP contribution in [-0.2, 0) is 26.3 Å². The molecule has 2 aromatic heterocycles. The Morgan fingerprint density at radius 2 is 1.88 bits per heavy atom. The highest BCUT2D eigenvalue weighted by Gasteiger charge is 2.48. The summed E-state index contributed by atoms with van der Waals surface area (Å²) in [6.45, 7) is 1.76.